The van der Waals surface area contributed by atoms with Crippen molar-refractivity contribution < 1.29 is 0 Å². The van der Waals surface area contributed by atoms with Crippen LogP contribution in [0.1, 0.15) is 6.92 Å². The maximum Gasteiger partial charge on any atom is 0.0737 e. The summed E-state index contributed by atoms with van der Waals surface area (Å²) < 4.78 is 0.899. The van der Waals surface area contributed by atoms with Crippen LogP contribution in [0.15, 0.2) is 22.1 Å². The molecule has 0 aromatic heterocycles. The molecule has 1 heterocycles. The molecule has 1 rings (SSSR count). The standard InChI is InChI=1S/C6H7ClS/c1-5-2-3-6(7)8-4-5/h2-3H,4H2,1H3. The van der Waals surface area contributed by atoms with Gasteiger partial charge in [-0.1, -0.05) is 23.3 Å². The molecule has 0 radical (unpaired) electrons. The number of hydrogen-bond acceptors (Lipinski definition) is 1. The van der Waals surface area contributed by atoms with Crippen LogP contribution in [0.2, 0.25) is 0 Å². The van der Waals surface area contributed by atoms with Crippen molar-refractivity contribution in [3.8, 4) is 0 Å². The van der Waals surface area contributed by atoms with Gasteiger partial charge < -0.3 is 0 Å². The van der Waals surface area contributed by atoms with Crippen LogP contribution in [0.4, 0.5) is 0 Å². The average molecular weight is 147 g/mol. The van der Waals surface area contributed by atoms with E-state index in [-0.39, 0.29) is 0 Å². The fourth-order valence-electron chi connectivity index (χ4n) is 0.487. The van der Waals surface area contributed by atoms with Gasteiger partial charge in [0.05, 0.1) is 4.36 Å². The Morgan fingerprint density at radius 2 is 2.38 bits per heavy atom. The topological polar surface area (TPSA) is 0 Å². The molecule has 44 valence electrons. The van der Waals surface area contributed by atoms with Crippen molar-refractivity contribution in [2.75, 3.05) is 5.75 Å². The van der Waals surface area contributed by atoms with Crippen LogP contribution in [0.3, 0.4) is 0 Å². The van der Waals surface area contributed by atoms with Crippen LogP contribution >= 0.6 is 23.4 Å². The minimum atomic E-state index is 0.899. The first-order valence-corrected chi connectivity index (χ1v) is 3.81. The Bertz CT molecular complexity index is 129. The van der Waals surface area contributed by atoms with Gasteiger partial charge in [-0.15, -0.1) is 11.8 Å². The summed E-state index contributed by atoms with van der Waals surface area (Å²) in [5.74, 6) is 1.05. The summed E-state index contributed by atoms with van der Waals surface area (Å²) in [4.78, 5) is 0. The molecule has 0 aromatic rings. The summed E-state index contributed by atoms with van der Waals surface area (Å²) in [6.45, 7) is 2.10. The van der Waals surface area contributed by atoms with Crippen molar-refractivity contribution in [1.82, 2.24) is 0 Å². The summed E-state index contributed by atoms with van der Waals surface area (Å²) in [6, 6.07) is 0. The Morgan fingerprint density at radius 1 is 1.62 bits per heavy atom. The lowest BCUT2D eigenvalue weighted by molar-refractivity contribution is 1.40. The molecule has 0 saturated heterocycles. The Morgan fingerprint density at radius 3 is 2.75 bits per heavy atom. The normalized spacial score (nSPS) is 19.8. The fourth-order valence-corrected chi connectivity index (χ4v) is 1.34. The number of allylic oxidation sites excluding steroid dienone is 2. The van der Waals surface area contributed by atoms with Gasteiger partial charge in [-0.05, 0) is 13.0 Å². The van der Waals surface area contributed by atoms with Gasteiger partial charge in [0.1, 0.15) is 0 Å². The molecule has 0 fully saturated rings. The number of rotatable bonds is 0. The first-order valence-electron chi connectivity index (χ1n) is 2.45. The molecule has 0 N–H and O–H groups in total. The van der Waals surface area contributed by atoms with Crippen molar-refractivity contribution in [3.63, 3.8) is 0 Å². The second-order valence-electron chi connectivity index (χ2n) is 1.77. The smallest absolute Gasteiger partial charge is 0.0737 e. The van der Waals surface area contributed by atoms with Crippen LogP contribution in [0, 0.1) is 0 Å². The van der Waals surface area contributed by atoms with Crippen molar-refractivity contribution in [2.45, 2.75) is 6.92 Å². The molecule has 0 atom stereocenters. The zero-order valence-corrected chi connectivity index (χ0v) is 6.22. The minimum Gasteiger partial charge on any atom is -0.110 e. The lowest BCUT2D eigenvalue weighted by atomic mass is 10.3. The van der Waals surface area contributed by atoms with Gasteiger partial charge in [0.15, 0.2) is 0 Å². The third-order valence-corrected chi connectivity index (χ3v) is 2.40. The van der Waals surface area contributed by atoms with E-state index < -0.39 is 0 Å². The Balaban J connectivity index is 2.65. The highest BCUT2D eigenvalue weighted by Gasteiger charge is 1.98. The highest BCUT2D eigenvalue weighted by atomic mass is 35.5. The molecule has 0 aromatic carbocycles. The molecular weight excluding hydrogens is 140 g/mol. The van der Waals surface area contributed by atoms with Gasteiger partial charge in [0.25, 0.3) is 0 Å². The Labute approximate surface area is 58.6 Å². The molecular formula is C6H7ClS. The van der Waals surface area contributed by atoms with Gasteiger partial charge in [0.2, 0.25) is 0 Å². The van der Waals surface area contributed by atoms with Gasteiger partial charge >= 0.3 is 0 Å². The second kappa shape index (κ2) is 2.60. The quantitative estimate of drug-likeness (QED) is 0.507. The molecule has 0 saturated carbocycles. The molecule has 1 aliphatic rings. The van der Waals surface area contributed by atoms with Crippen LogP contribution in [0.5, 0.6) is 0 Å². The number of hydrogen-bond donors (Lipinski definition) is 0. The Hall–Kier alpha value is 0.120. The van der Waals surface area contributed by atoms with Gasteiger partial charge in [0, 0.05) is 5.75 Å². The van der Waals surface area contributed by atoms with E-state index in [0.29, 0.717) is 0 Å². The van der Waals surface area contributed by atoms with Gasteiger partial charge in [-0.25, -0.2) is 0 Å². The van der Waals surface area contributed by atoms with Gasteiger partial charge in [-0.2, -0.15) is 0 Å². The first-order chi connectivity index (χ1) is 3.79. The molecule has 1 aliphatic heterocycles. The summed E-state index contributed by atoms with van der Waals surface area (Å²) in [5, 5.41) is 0. The van der Waals surface area contributed by atoms with Crippen LogP contribution < -0.4 is 0 Å². The van der Waals surface area contributed by atoms with Crippen molar-refractivity contribution in [3.05, 3.63) is 22.1 Å². The summed E-state index contributed by atoms with van der Waals surface area (Å²) in [7, 11) is 0. The fraction of sp³-hybridized carbons (Fsp3) is 0.333. The van der Waals surface area contributed by atoms with Crippen molar-refractivity contribution >= 4 is 23.4 Å². The molecule has 0 unspecified atom stereocenters. The van der Waals surface area contributed by atoms with Crippen molar-refractivity contribution in [1.29, 1.82) is 0 Å². The average Bonchev–Trinajstić information content (AvgIpc) is 1.77. The van der Waals surface area contributed by atoms with Crippen LogP contribution in [-0.2, 0) is 0 Å². The zero-order chi connectivity index (χ0) is 5.98. The highest BCUT2D eigenvalue weighted by Crippen LogP contribution is 2.26. The maximum absolute atomic E-state index is 5.66. The molecule has 8 heavy (non-hydrogen) atoms. The molecule has 0 nitrogen and oxygen atoms in total. The third kappa shape index (κ3) is 1.57. The lowest BCUT2D eigenvalue weighted by Crippen LogP contribution is -1.84. The molecule has 0 bridgehead atoms. The summed E-state index contributed by atoms with van der Waals surface area (Å²) >= 11 is 7.35. The van der Waals surface area contributed by atoms with Crippen LogP contribution in [0.25, 0.3) is 0 Å². The molecule has 0 spiro atoms. The molecule has 0 amide bonds. The van der Waals surface area contributed by atoms with E-state index in [1.807, 2.05) is 6.08 Å². The number of halogens is 1. The van der Waals surface area contributed by atoms with E-state index >= 15 is 0 Å². The third-order valence-electron chi connectivity index (χ3n) is 0.937. The molecule has 0 aliphatic carbocycles. The van der Waals surface area contributed by atoms with E-state index in [0.717, 1.165) is 10.1 Å². The zero-order valence-electron chi connectivity index (χ0n) is 4.65. The van der Waals surface area contributed by atoms with E-state index in [1.54, 1.807) is 11.8 Å². The molecule has 2 heteroatoms. The van der Waals surface area contributed by atoms with E-state index in [4.69, 9.17) is 11.6 Å². The largest absolute Gasteiger partial charge is 0.110 e. The summed E-state index contributed by atoms with van der Waals surface area (Å²) in [6.07, 6.45) is 3.99. The SMILES string of the molecule is CC1=CC=C(Cl)SC1. The van der Waals surface area contributed by atoms with E-state index in [2.05, 4.69) is 13.0 Å². The first kappa shape index (κ1) is 6.24. The highest BCUT2D eigenvalue weighted by molar-refractivity contribution is 8.04. The predicted molar refractivity (Wildman–Crippen MR) is 40.2 cm³/mol. The van der Waals surface area contributed by atoms with Gasteiger partial charge in [-0.3, -0.25) is 0 Å². The monoisotopic (exact) mass is 146 g/mol. The lowest BCUT2D eigenvalue weighted by Gasteiger charge is -2.03. The van der Waals surface area contributed by atoms with E-state index in [9.17, 15) is 0 Å². The van der Waals surface area contributed by atoms with E-state index in [1.165, 1.54) is 5.57 Å². The maximum atomic E-state index is 5.66. The van der Waals surface area contributed by atoms with Crippen molar-refractivity contribution in [2.24, 2.45) is 0 Å². The Kier molecular flexibility index (Phi) is 2.03. The number of thioether (sulfide) groups is 1. The minimum absolute atomic E-state index is 0.899. The van der Waals surface area contributed by atoms with Crippen LogP contribution in [-0.4, -0.2) is 5.75 Å². The second-order valence-corrected chi connectivity index (χ2v) is 3.42. The summed E-state index contributed by atoms with van der Waals surface area (Å²) in [5.41, 5.74) is 1.39. The predicted octanol–water partition coefficient (Wildman–Crippen LogP) is 2.76.